The highest BCUT2D eigenvalue weighted by molar-refractivity contribution is 6.33. The molecule has 1 fully saturated rings. The molecule has 1 aliphatic heterocycles. The van der Waals surface area contributed by atoms with Crippen molar-refractivity contribution in [2.75, 3.05) is 13.1 Å². The Morgan fingerprint density at radius 3 is 2.54 bits per heavy atom. The number of rotatable bonds is 2. The summed E-state index contributed by atoms with van der Waals surface area (Å²) in [6.07, 6.45) is -0.632. The third-order valence-electron chi connectivity index (χ3n) is 3.97. The maximum absolute atomic E-state index is 14.0. The van der Waals surface area contributed by atoms with Crippen molar-refractivity contribution in [3.8, 4) is 0 Å². The van der Waals surface area contributed by atoms with Gasteiger partial charge in [0.1, 0.15) is 17.7 Å². The molecule has 0 aromatic heterocycles. The Morgan fingerprint density at radius 1 is 1.17 bits per heavy atom. The van der Waals surface area contributed by atoms with Crippen molar-refractivity contribution in [2.45, 2.75) is 19.1 Å². The smallest absolute Gasteiger partial charge is 0.258 e. The molecule has 1 aliphatic rings. The second-order valence-corrected chi connectivity index (χ2v) is 6.20. The fourth-order valence-corrected chi connectivity index (χ4v) is 3.08. The summed E-state index contributed by atoms with van der Waals surface area (Å²) in [6, 6.07) is 10.1. The van der Waals surface area contributed by atoms with Crippen LogP contribution in [0.15, 0.2) is 42.5 Å². The predicted octanol–water partition coefficient (Wildman–Crippen LogP) is 4.22. The Morgan fingerprint density at radius 2 is 1.88 bits per heavy atom. The number of morpholine rings is 1. The van der Waals surface area contributed by atoms with Crippen LogP contribution in [-0.4, -0.2) is 30.0 Å². The van der Waals surface area contributed by atoms with Crippen molar-refractivity contribution in [2.24, 2.45) is 0 Å². The minimum absolute atomic E-state index is 0.0810. The Bertz CT molecular complexity index is 731. The minimum Gasteiger partial charge on any atom is -0.367 e. The van der Waals surface area contributed by atoms with Gasteiger partial charge in [0.05, 0.1) is 23.2 Å². The lowest BCUT2D eigenvalue weighted by atomic mass is 10.1. The van der Waals surface area contributed by atoms with Crippen molar-refractivity contribution < 1.29 is 18.3 Å². The lowest BCUT2D eigenvalue weighted by molar-refractivity contribution is -0.0692. The molecule has 2 aromatic rings. The largest absolute Gasteiger partial charge is 0.367 e. The molecule has 2 aromatic carbocycles. The molecule has 0 aliphatic carbocycles. The summed E-state index contributed by atoms with van der Waals surface area (Å²) < 4.78 is 32.9. The van der Waals surface area contributed by atoms with Gasteiger partial charge in [0.2, 0.25) is 0 Å². The van der Waals surface area contributed by atoms with E-state index in [1.54, 1.807) is 12.1 Å². The second-order valence-electron chi connectivity index (χ2n) is 5.79. The molecule has 3 rings (SSSR count). The van der Waals surface area contributed by atoms with Crippen LogP contribution in [-0.2, 0) is 4.74 Å². The average molecular weight is 352 g/mol. The lowest BCUT2D eigenvalue weighted by Gasteiger charge is -2.37. The second kappa shape index (κ2) is 6.87. The standard InChI is InChI=1S/C18H16ClF2NO2/c1-11-9-22(18(23)17-14(19)3-2-4-15(17)21)10-16(24-11)12-5-7-13(20)8-6-12/h2-8,11,16H,9-10H2,1H3. The van der Waals surface area contributed by atoms with Gasteiger partial charge in [-0.1, -0.05) is 29.8 Å². The van der Waals surface area contributed by atoms with Crippen molar-refractivity contribution in [3.05, 3.63) is 70.2 Å². The zero-order valence-electron chi connectivity index (χ0n) is 13.0. The van der Waals surface area contributed by atoms with Crippen molar-refractivity contribution in [1.29, 1.82) is 0 Å². The van der Waals surface area contributed by atoms with E-state index < -0.39 is 17.8 Å². The molecule has 2 atom stereocenters. The van der Waals surface area contributed by atoms with E-state index in [1.807, 2.05) is 6.92 Å². The number of benzene rings is 2. The van der Waals surface area contributed by atoms with Crippen molar-refractivity contribution in [3.63, 3.8) is 0 Å². The van der Waals surface area contributed by atoms with Crippen LogP contribution in [0.2, 0.25) is 5.02 Å². The predicted molar refractivity (Wildman–Crippen MR) is 87.0 cm³/mol. The zero-order valence-corrected chi connectivity index (χ0v) is 13.8. The summed E-state index contributed by atoms with van der Waals surface area (Å²) in [5, 5.41) is 0.0810. The van der Waals surface area contributed by atoms with E-state index in [4.69, 9.17) is 16.3 Å². The van der Waals surface area contributed by atoms with Crippen LogP contribution in [0.3, 0.4) is 0 Å². The highest BCUT2D eigenvalue weighted by Crippen LogP contribution is 2.28. The molecule has 0 radical (unpaired) electrons. The number of hydrogen-bond acceptors (Lipinski definition) is 2. The first-order valence-electron chi connectivity index (χ1n) is 7.60. The van der Waals surface area contributed by atoms with Gasteiger partial charge in [-0.05, 0) is 36.8 Å². The van der Waals surface area contributed by atoms with Gasteiger partial charge in [0.25, 0.3) is 5.91 Å². The van der Waals surface area contributed by atoms with E-state index in [0.29, 0.717) is 6.54 Å². The average Bonchev–Trinajstić information content (AvgIpc) is 2.54. The number of hydrogen-bond donors (Lipinski definition) is 0. The maximum atomic E-state index is 14.0. The van der Waals surface area contributed by atoms with Crippen molar-refractivity contribution in [1.82, 2.24) is 4.90 Å². The van der Waals surface area contributed by atoms with Gasteiger partial charge in [0, 0.05) is 6.54 Å². The molecule has 1 heterocycles. The highest BCUT2D eigenvalue weighted by atomic mass is 35.5. The van der Waals surface area contributed by atoms with Crippen LogP contribution in [0.4, 0.5) is 8.78 Å². The summed E-state index contributed by atoms with van der Waals surface area (Å²) in [5.74, 6) is -1.46. The van der Waals surface area contributed by atoms with E-state index in [9.17, 15) is 13.6 Å². The minimum atomic E-state index is -0.648. The molecule has 1 saturated heterocycles. The maximum Gasteiger partial charge on any atom is 0.258 e. The summed E-state index contributed by atoms with van der Waals surface area (Å²) >= 11 is 5.99. The first-order valence-corrected chi connectivity index (χ1v) is 7.97. The molecule has 2 unspecified atom stereocenters. The number of halogens is 3. The normalized spacial score (nSPS) is 20.9. The number of ether oxygens (including phenoxy) is 1. The first-order chi connectivity index (χ1) is 11.5. The highest BCUT2D eigenvalue weighted by Gasteiger charge is 2.31. The fourth-order valence-electron chi connectivity index (χ4n) is 2.84. The van der Waals surface area contributed by atoms with E-state index in [0.717, 1.165) is 5.56 Å². The lowest BCUT2D eigenvalue weighted by Crippen LogP contribution is -2.46. The van der Waals surface area contributed by atoms with Crippen LogP contribution in [0.5, 0.6) is 0 Å². The van der Waals surface area contributed by atoms with Crippen LogP contribution < -0.4 is 0 Å². The molecule has 24 heavy (non-hydrogen) atoms. The van der Waals surface area contributed by atoms with Crippen LogP contribution in [0.1, 0.15) is 28.9 Å². The zero-order chi connectivity index (χ0) is 17.3. The van der Waals surface area contributed by atoms with E-state index in [1.165, 1.54) is 35.2 Å². The summed E-state index contributed by atoms with van der Waals surface area (Å²) in [7, 11) is 0. The number of nitrogens with zero attached hydrogens (tertiary/aromatic N) is 1. The molecule has 6 heteroatoms. The van der Waals surface area contributed by atoms with Crippen LogP contribution in [0, 0.1) is 11.6 Å². The van der Waals surface area contributed by atoms with Crippen LogP contribution >= 0.6 is 11.6 Å². The SMILES string of the molecule is CC1CN(C(=O)c2c(F)cccc2Cl)CC(c2ccc(F)cc2)O1. The summed E-state index contributed by atoms with van der Waals surface area (Å²) in [6.45, 7) is 2.42. The van der Waals surface area contributed by atoms with Gasteiger partial charge in [-0.3, -0.25) is 4.79 Å². The molecule has 0 saturated carbocycles. The molecule has 3 nitrogen and oxygen atoms in total. The first kappa shape index (κ1) is 16.9. The molecule has 0 spiro atoms. The van der Waals surface area contributed by atoms with Gasteiger partial charge in [-0.2, -0.15) is 0 Å². The number of amides is 1. The molecule has 0 bridgehead atoms. The molecular formula is C18H16ClF2NO2. The Labute approximate surface area is 143 Å². The Hall–Kier alpha value is -1.98. The fraction of sp³-hybridized carbons (Fsp3) is 0.278. The molecule has 126 valence electrons. The topological polar surface area (TPSA) is 29.5 Å². The van der Waals surface area contributed by atoms with Gasteiger partial charge in [-0.25, -0.2) is 8.78 Å². The van der Waals surface area contributed by atoms with Gasteiger partial charge in [0.15, 0.2) is 0 Å². The van der Waals surface area contributed by atoms with E-state index in [2.05, 4.69) is 0 Å². The third-order valence-corrected chi connectivity index (χ3v) is 4.28. The van der Waals surface area contributed by atoms with Gasteiger partial charge < -0.3 is 9.64 Å². The summed E-state index contributed by atoms with van der Waals surface area (Å²) in [5.41, 5.74) is 0.631. The molecule has 1 amide bonds. The Kier molecular flexibility index (Phi) is 4.83. The summed E-state index contributed by atoms with van der Waals surface area (Å²) in [4.78, 5) is 14.2. The van der Waals surface area contributed by atoms with Gasteiger partial charge >= 0.3 is 0 Å². The van der Waals surface area contributed by atoms with Gasteiger partial charge in [-0.15, -0.1) is 0 Å². The monoisotopic (exact) mass is 351 g/mol. The Balaban J connectivity index is 1.85. The molecule has 0 N–H and O–H groups in total. The third kappa shape index (κ3) is 3.42. The molecular weight excluding hydrogens is 336 g/mol. The quantitative estimate of drug-likeness (QED) is 0.810. The van der Waals surface area contributed by atoms with Crippen LogP contribution in [0.25, 0.3) is 0 Å². The van der Waals surface area contributed by atoms with Crippen molar-refractivity contribution >= 4 is 17.5 Å². The number of carbonyl (C=O) groups excluding carboxylic acids is 1. The van der Waals surface area contributed by atoms with E-state index in [-0.39, 0.29) is 29.1 Å². The number of carbonyl (C=O) groups is 1. The van der Waals surface area contributed by atoms with E-state index >= 15 is 0 Å².